The van der Waals surface area contributed by atoms with E-state index in [1.807, 2.05) is 24.0 Å². The molecule has 0 spiro atoms. The van der Waals surface area contributed by atoms with Crippen LogP contribution in [0.25, 0.3) is 27.6 Å². The maximum Gasteiger partial charge on any atom is 0.228 e. The molecule has 3 aromatic heterocycles. The minimum absolute atomic E-state index is 0.0708. The number of anilines is 1. The smallest absolute Gasteiger partial charge is 0.228 e. The maximum atomic E-state index is 14.8. The summed E-state index contributed by atoms with van der Waals surface area (Å²) >= 11 is 3.48. The van der Waals surface area contributed by atoms with Gasteiger partial charge < -0.3 is 15.0 Å². The van der Waals surface area contributed by atoms with Gasteiger partial charge in [-0.25, -0.2) is 14.1 Å². The van der Waals surface area contributed by atoms with Gasteiger partial charge >= 0.3 is 0 Å². The van der Waals surface area contributed by atoms with E-state index in [2.05, 4.69) is 36.3 Å². The molecule has 6 rings (SSSR count). The van der Waals surface area contributed by atoms with Crippen LogP contribution in [0.15, 0.2) is 41.3 Å². The number of carbonyl (C=O) groups excluding carboxylic acids is 1. The zero-order chi connectivity index (χ0) is 24.9. The van der Waals surface area contributed by atoms with Crippen molar-refractivity contribution in [3.05, 3.63) is 47.1 Å². The number of hydrogen-bond donors (Lipinski definition) is 1. The van der Waals surface area contributed by atoms with Crippen LogP contribution in [-0.4, -0.2) is 67.9 Å². The minimum Gasteiger partial charge on any atom is -0.378 e. The van der Waals surface area contributed by atoms with Gasteiger partial charge in [0.1, 0.15) is 10.1 Å². The maximum absolute atomic E-state index is 14.8. The molecule has 1 N–H and O–H groups in total. The van der Waals surface area contributed by atoms with Crippen molar-refractivity contribution >= 4 is 49.7 Å². The fourth-order valence-electron chi connectivity index (χ4n) is 5.26. The Morgan fingerprint density at radius 1 is 1.28 bits per heavy atom. The van der Waals surface area contributed by atoms with E-state index in [1.165, 1.54) is 6.07 Å². The number of carbonyl (C=O) groups is 1. The molecule has 1 aliphatic heterocycles. The topological polar surface area (TPSA) is 98.1 Å². The second-order valence-electron chi connectivity index (χ2n) is 9.69. The van der Waals surface area contributed by atoms with Crippen LogP contribution in [0.1, 0.15) is 26.2 Å². The number of hydrogen-bond acceptors (Lipinski definition) is 7. The first-order valence-corrected chi connectivity index (χ1v) is 12.8. The summed E-state index contributed by atoms with van der Waals surface area (Å²) in [4.78, 5) is 28.4. The van der Waals surface area contributed by atoms with Gasteiger partial charge in [-0.3, -0.25) is 9.78 Å². The molecule has 36 heavy (non-hydrogen) atoms. The van der Waals surface area contributed by atoms with E-state index in [0.29, 0.717) is 70.9 Å². The number of halogens is 2. The summed E-state index contributed by atoms with van der Waals surface area (Å²) in [6.45, 7) is 4.54. The van der Waals surface area contributed by atoms with Crippen LogP contribution in [0.4, 0.5) is 10.3 Å². The highest BCUT2D eigenvalue weighted by Gasteiger charge is 2.43. The molecule has 1 saturated carbocycles. The molecule has 2 fully saturated rings. The van der Waals surface area contributed by atoms with Crippen LogP contribution < -0.4 is 5.32 Å². The number of morpholine rings is 1. The average molecular weight is 554 g/mol. The molecule has 9 nitrogen and oxygen atoms in total. The van der Waals surface area contributed by atoms with Crippen LogP contribution in [0.5, 0.6) is 0 Å². The Morgan fingerprint density at radius 3 is 2.94 bits per heavy atom. The average Bonchev–Trinajstić information content (AvgIpc) is 3.44. The Hall–Kier alpha value is -3.18. The molecular formula is C25H25BrFN7O2. The van der Waals surface area contributed by atoms with Gasteiger partial charge in [0.05, 0.1) is 24.3 Å². The molecule has 2 aliphatic rings. The molecule has 1 unspecified atom stereocenters. The summed E-state index contributed by atoms with van der Waals surface area (Å²) in [5, 5.41) is 9.34. The first-order chi connectivity index (χ1) is 17.4. The van der Waals surface area contributed by atoms with Crippen molar-refractivity contribution in [1.82, 2.24) is 29.6 Å². The predicted octanol–water partition coefficient (Wildman–Crippen LogP) is 4.09. The third-order valence-electron chi connectivity index (χ3n) is 7.16. The summed E-state index contributed by atoms with van der Waals surface area (Å²) in [5.74, 6) is 0.221. The number of nitrogens with one attached hydrogen (secondary N) is 1. The van der Waals surface area contributed by atoms with Crippen molar-refractivity contribution in [2.45, 2.75) is 32.2 Å². The van der Waals surface area contributed by atoms with Crippen LogP contribution in [-0.2, 0) is 9.53 Å². The fourth-order valence-corrected chi connectivity index (χ4v) is 5.70. The van der Waals surface area contributed by atoms with Crippen LogP contribution in [0.3, 0.4) is 0 Å². The van der Waals surface area contributed by atoms with Gasteiger partial charge in [-0.15, -0.1) is 0 Å². The highest BCUT2D eigenvalue weighted by Crippen LogP contribution is 2.40. The van der Waals surface area contributed by atoms with Gasteiger partial charge in [0.2, 0.25) is 11.9 Å². The minimum atomic E-state index is -0.426. The van der Waals surface area contributed by atoms with Gasteiger partial charge in [-0.05, 0) is 47.3 Å². The molecule has 1 aliphatic carbocycles. The summed E-state index contributed by atoms with van der Waals surface area (Å²) < 4.78 is 22.3. The zero-order valence-electron chi connectivity index (χ0n) is 19.7. The van der Waals surface area contributed by atoms with Crippen molar-refractivity contribution in [2.75, 3.05) is 31.6 Å². The Morgan fingerprint density at radius 2 is 2.11 bits per heavy atom. The highest BCUT2D eigenvalue weighted by atomic mass is 79.9. The van der Waals surface area contributed by atoms with Crippen LogP contribution in [0, 0.1) is 11.2 Å². The molecule has 4 heterocycles. The Kier molecular flexibility index (Phi) is 5.83. The normalized spacial score (nSPS) is 22.4. The van der Waals surface area contributed by atoms with Crippen molar-refractivity contribution in [1.29, 1.82) is 0 Å². The molecule has 11 heteroatoms. The molecule has 1 amide bonds. The van der Waals surface area contributed by atoms with E-state index in [-0.39, 0.29) is 11.9 Å². The lowest BCUT2D eigenvalue weighted by molar-refractivity contribution is -0.145. The molecule has 1 aromatic carbocycles. The number of aromatic nitrogens is 5. The predicted molar refractivity (Wildman–Crippen MR) is 136 cm³/mol. The van der Waals surface area contributed by atoms with Crippen molar-refractivity contribution < 1.29 is 13.9 Å². The lowest BCUT2D eigenvalue weighted by Crippen LogP contribution is -2.47. The third-order valence-corrected chi connectivity index (χ3v) is 7.74. The second kappa shape index (κ2) is 9.04. The van der Waals surface area contributed by atoms with E-state index in [9.17, 15) is 9.18 Å². The standard InChI is InChI=1S/C25H25BrFN7O2/c1-25(23(35)33-7-9-36-10-8-33)5-4-16(13-25)30-24-29-14-18-21(26)32-34(22(18)31-24)17-11-15-3-2-6-28-20(15)19(27)12-17/h2-3,6,11-12,14,16H,4-5,7-10,13H2,1H3,(H,29,30,31)/t16-,25?/m1/s1. The van der Waals surface area contributed by atoms with E-state index >= 15 is 0 Å². The second-order valence-corrected chi connectivity index (χ2v) is 10.4. The highest BCUT2D eigenvalue weighted by molar-refractivity contribution is 9.10. The summed E-state index contributed by atoms with van der Waals surface area (Å²) in [6.07, 6.45) is 5.62. The largest absolute Gasteiger partial charge is 0.378 e. The van der Waals surface area contributed by atoms with E-state index in [0.717, 1.165) is 12.8 Å². The van der Waals surface area contributed by atoms with Crippen molar-refractivity contribution in [2.24, 2.45) is 5.41 Å². The SMILES string of the molecule is CC1(C(=O)N2CCOCC2)CC[C@@H](Nc2ncc3c(Br)nn(-c4cc(F)c5ncccc5c4)c3n2)C1. The van der Waals surface area contributed by atoms with Crippen molar-refractivity contribution in [3.63, 3.8) is 0 Å². The number of fused-ring (bicyclic) bond motifs is 2. The first kappa shape index (κ1) is 23.2. The van der Waals surface area contributed by atoms with Crippen LogP contribution >= 0.6 is 15.9 Å². The van der Waals surface area contributed by atoms with Gasteiger partial charge in [0.15, 0.2) is 11.5 Å². The molecule has 2 atom stereocenters. The van der Waals surface area contributed by atoms with Gasteiger partial charge in [0.25, 0.3) is 0 Å². The number of pyridine rings is 1. The Bertz CT molecular complexity index is 1470. The van der Waals surface area contributed by atoms with Gasteiger partial charge in [0, 0.05) is 48.4 Å². The van der Waals surface area contributed by atoms with E-state index < -0.39 is 11.2 Å². The fraction of sp³-hybridized carbons (Fsp3) is 0.400. The van der Waals surface area contributed by atoms with Crippen LogP contribution in [0.2, 0.25) is 0 Å². The van der Waals surface area contributed by atoms with Crippen molar-refractivity contribution in [3.8, 4) is 5.69 Å². The quantitative estimate of drug-likeness (QED) is 0.406. The van der Waals surface area contributed by atoms with E-state index in [4.69, 9.17) is 9.72 Å². The summed E-state index contributed by atoms with van der Waals surface area (Å²) in [5.41, 5.74) is 0.982. The number of nitrogens with zero attached hydrogens (tertiary/aromatic N) is 6. The van der Waals surface area contributed by atoms with Gasteiger partial charge in [-0.1, -0.05) is 13.0 Å². The summed E-state index contributed by atoms with van der Waals surface area (Å²) in [6, 6.07) is 6.89. The van der Waals surface area contributed by atoms with Gasteiger partial charge in [-0.2, -0.15) is 10.1 Å². The first-order valence-electron chi connectivity index (χ1n) is 12.0. The lowest BCUT2D eigenvalue weighted by atomic mass is 9.86. The number of rotatable bonds is 4. The molecule has 0 radical (unpaired) electrons. The molecule has 4 aromatic rings. The number of amides is 1. The Balaban J connectivity index is 1.27. The molecule has 0 bridgehead atoms. The number of benzene rings is 1. The Labute approximate surface area is 215 Å². The molecular weight excluding hydrogens is 529 g/mol. The number of ether oxygens (including phenoxy) is 1. The lowest BCUT2D eigenvalue weighted by Gasteiger charge is -2.34. The van der Waals surface area contributed by atoms with E-state index in [1.54, 1.807) is 23.1 Å². The molecule has 186 valence electrons. The third kappa shape index (κ3) is 4.09. The molecule has 1 saturated heterocycles. The monoisotopic (exact) mass is 553 g/mol. The summed E-state index contributed by atoms with van der Waals surface area (Å²) in [7, 11) is 0. The zero-order valence-corrected chi connectivity index (χ0v) is 21.3.